The highest BCUT2D eigenvalue weighted by molar-refractivity contribution is 5.57. The number of hydrogen-bond acceptors (Lipinski definition) is 3. The molecule has 0 aromatic heterocycles. The van der Waals surface area contributed by atoms with Crippen LogP contribution in [0.3, 0.4) is 0 Å². The van der Waals surface area contributed by atoms with Crippen LogP contribution in [-0.4, -0.2) is 7.11 Å². The largest absolute Gasteiger partial charge is 0.495 e. The van der Waals surface area contributed by atoms with Crippen molar-refractivity contribution in [2.24, 2.45) is 0 Å². The molecule has 0 radical (unpaired) electrons. The van der Waals surface area contributed by atoms with Crippen molar-refractivity contribution >= 4 is 6.08 Å². The van der Waals surface area contributed by atoms with Gasteiger partial charge in [-0.1, -0.05) is 6.07 Å². The molecule has 0 spiro atoms. The van der Waals surface area contributed by atoms with Crippen molar-refractivity contribution in [1.29, 1.82) is 10.5 Å². The van der Waals surface area contributed by atoms with Crippen LogP contribution in [-0.2, 0) is 0 Å². The molecule has 0 saturated heterocycles. The van der Waals surface area contributed by atoms with E-state index >= 15 is 0 Å². The first-order valence-corrected chi connectivity index (χ1v) is 3.96. The molecule has 0 saturated carbocycles. The number of hydrogen-bond donors (Lipinski definition) is 0. The fourth-order valence-electron chi connectivity index (χ4n) is 1.05. The smallest absolute Gasteiger partial charge is 0.136 e. The number of rotatable bonds is 2. The second-order valence-corrected chi connectivity index (χ2v) is 2.53. The Labute approximate surface area is 82.5 Å². The molecule has 0 N–H and O–H groups in total. The third kappa shape index (κ3) is 2.12. The number of nitriles is 2. The molecule has 1 aromatic rings. The Balaban J connectivity index is 3.11. The van der Waals surface area contributed by atoms with Crippen molar-refractivity contribution in [3.05, 3.63) is 35.4 Å². The van der Waals surface area contributed by atoms with Crippen LogP contribution in [0.15, 0.2) is 24.3 Å². The second kappa shape index (κ2) is 4.69. The minimum absolute atomic E-state index is 0.465. The van der Waals surface area contributed by atoms with Crippen molar-refractivity contribution in [2.75, 3.05) is 7.11 Å². The van der Waals surface area contributed by atoms with Crippen molar-refractivity contribution in [1.82, 2.24) is 0 Å². The van der Waals surface area contributed by atoms with E-state index < -0.39 is 0 Å². The van der Waals surface area contributed by atoms with Crippen LogP contribution in [0.5, 0.6) is 5.75 Å². The van der Waals surface area contributed by atoms with Gasteiger partial charge in [0.1, 0.15) is 11.8 Å². The summed E-state index contributed by atoms with van der Waals surface area (Å²) < 4.78 is 4.98. The molecule has 0 fully saturated rings. The van der Waals surface area contributed by atoms with Gasteiger partial charge in [-0.05, 0) is 23.8 Å². The van der Waals surface area contributed by atoms with E-state index in [1.54, 1.807) is 24.3 Å². The second-order valence-electron chi connectivity index (χ2n) is 2.53. The molecule has 0 heterocycles. The number of benzene rings is 1. The van der Waals surface area contributed by atoms with Crippen molar-refractivity contribution in [3.63, 3.8) is 0 Å². The van der Waals surface area contributed by atoms with Gasteiger partial charge in [0.25, 0.3) is 0 Å². The molecule has 0 aliphatic rings. The average Bonchev–Trinajstić information content (AvgIpc) is 2.25. The van der Waals surface area contributed by atoms with E-state index in [0.29, 0.717) is 11.3 Å². The summed E-state index contributed by atoms with van der Waals surface area (Å²) in [5.41, 5.74) is 1.27. The Kier molecular flexibility index (Phi) is 3.29. The molecular weight excluding hydrogens is 176 g/mol. The first-order valence-electron chi connectivity index (χ1n) is 3.96. The fraction of sp³-hybridized carbons (Fsp3) is 0.0909. The predicted molar refractivity (Wildman–Crippen MR) is 52.4 cm³/mol. The van der Waals surface area contributed by atoms with E-state index in [-0.39, 0.29) is 0 Å². The van der Waals surface area contributed by atoms with Gasteiger partial charge in [0.05, 0.1) is 18.7 Å². The zero-order chi connectivity index (χ0) is 10.4. The highest BCUT2D eigenvalue weighted by atomic mass is 16.5. The first kappa shape index (κ1) is 9.83. The third-order valence-electron chi connectivity index (χ3n) is 1.69. The zero-order valence-electron chi connectivity index (χ0n) is 7.69. The highest BCUT2D eigenvalue weighted by Gasteiger charge is 2.01. The van der Waals surface area contributed by atoms with Gasteiger partial charge in [0, 0.05) is 6.08 Å². The predicted octanol–water partition coefficient (Wildman–Crippen LogP) is 2.10. The summed E-state index contributed by atoms with van der Waals surface area (Å²) in [7, 11) is 1.51. The van der Waals surface area contributed by atoms with Gasteiger partial charge in [0.2, 0.25) is 0 Å². The number of nitrogens with zero attached hydrogens (tertiary/aromatic N) is 2. The van der Waals surface area contributed by atoms with Crippen LogP contribution in [0.4, 0.5) is 0 Å². The molecule has 0 bridgehead atoms. The van der Waals surface area contributed by atoms with E-state index in [1.807, 2.05) is 12.1 Å². The van der Waals surface area contributed by atoms with E-state index in [2.05, 4.69) is 0 Å². The summed E-state index contributed by atoms with van der Waals surface area (Å²) in [5, 5.41) is 17.1. The zero-order valence-corrected chi connectivity index (χ0v) is 7.69. The lowest BCUT2D eigenvalue weighted by Gasteiger charge is -2.02. The van der Waals surface area contributed by atoms with Gasteiger partial charge in [-0.3, -0.25) is 0 Å². The first-order chi connectivity index (χ1) is 6.81. The summed E-state index contributed by atoms with van der Waals surface area (Å²) in [6.07, 6.45) is 3.00. The molecule has 1 aromatic carbocycles. The van der Waals surface area contributed by atoms with Crippen molar-refractivity contribution in [3.8, 4) is 17.9 Å². The van der Waals surface area contributed by atoms with Crippen LogP contribution < -0.4 is 4.74 Å². The van der Waals surface area contributed by atoms with Crippen LogP contribution in [0.1, 0.15) is 11.1 Å². The van der Waals surface area contributed by atoms with Crippen LogP contribution in [0.2, 0.25) is 0 Å². The summed E-state index contributed by atoms with van der Waals surface area (Å²) in [5.74, 6) is 0.543. The Morgan fingerprint density at radius 1 is 1.36 bits per heavy atom. The van der Waals surface area contributed by atoms with Gasteiger partial charge in [-0.25, -0.2) is 0 Å². The number of allylic oxidation sites excluding steroid dienone is 1. The third-order valence-corrected chi connectivity index (χ3v) is 1.69. The van der Waals surface area contributed by atoms with Gasteiger partial charge >= 0.3 is 0 Å². The minimum Gasteiger partial charge on any atom is -0.495 e. The number of methoxy groups -OCH3 is 1. The molecule has 1 rings (SSSR count). The van der Waals surface area contributed by atoms with E-state index in [4.69, 9.17) is 15.3 Å². The Morgan fingerprint density at radius 2 is 2.14 bits per heavy atom. The molecular formula is C11H8N2O. The minimum atomic E-state index is 0.465. The molecule has 3 heteroatoms. The quantitative estimate of drug-likeness (QED) is 0.661. The van der Waals surface area contributed by atoms with Gasteiger partial charge in [-0.2, -0.15) is 10.5 Å². The van der Waals surface area contributed by atoms with E-state index in [9.17, 15) is 0 Å². The Hall–Kier alpha value is -2.26. The van der Waals surface area contributed by atoms with Crippen molar-refractivity contribution < 1.29 is 4.74 Å². The summed E-state index contributed by atoms with van der Waals surface area (Å²) in [4.78, 5) is 0. The summed E-state index contributed by atoms with van der Waals surface area (Å²) in [6, 6.07) is 9.07. The molecule has 3 nitrogen and oxygen atoms in total. The van der Waals surface area contributed by atoms with Crippen LogP contribution >= 0.6 is 0 Å². The molecule has 0 atom stereocenters. The molecule has 14 heavy (non-hydrogen) atoms. The monoisotopic (exact) mass is 184 g/mol. The van der Waals surface area contributed by atoms with Gasteiger partial charge in [0.15, 0.2) is 0 Å². The number of ether oxygens (including phenoxy) is 1. The normalized spacial score (nSPS) is 9.36. The molecule has 0 amide bonds. The Bertz CT molecular complexity index is 436. The molecule has 0 aliphatic heterocycles. The van der Waals surface area contributed by atoms with Crippen LogP contribution in [0, 0.1) is 22.7 Å². The molecule has 0 aliphatic carbocycles. The highest BCUT2D eigenvalue weighted by Crippen LogP contribution is 2.19. The maximum Gasteiger partial charge on any atom is 0.136 e. The topological polar surface area (TPSA) is 56.8 Å². The standard InChI is InChI=1S/C11H8N2O/c1-14-11-5-4-9(3-2-6-12)7-10(11)8-13/h2-5,7H,1H3/b3-2+. The maximum absolute atomic E-state index is 8.78. The van der Waals surface area contributed by atoms with E-state index in [1.165, 1.54) is 13.2 Å². The molecule has 0 unspecified atom stereocenters. The maximum atomic E-state index is 8.78. The van der Waals surface area contributed by atoms with E-state index in [0.717, 1.165) is 5.56 Å². The lowest BCUT2D eigenvalue weighted by Crippen LogP contribution is -1.87. The summed E-state index contributed by atoms with van der Waals surface area (Å²) in [6.45, 7) is 0. The van der Waals surface area contributed by atoms with Gasteiger partial charge < -0.3 is 4.74 Å². The summed E-state index contributed by atoms with van der Waals surface area (Å²) >= 11 is 0. The Morgan fingerprint density at radius 3 is 2.71 bits per heavy atom. The fourth-order valence-corrected chi connectivity index (χ4v) is 1.05. The lowest BCUT2D eigenvalue weighted by molar-refractivity contribution is 0.413. The van der Waals surface area contributed by atoms with Gasteiger partial charge in [-0.15, -0.1) is 0 Å². The van der Waals surface area contributed by atoms with Crippen LogP contribution in [0.25, 0.3) is 6.08 Å². The molecule has 68 valence electrons. The van der Waals surface area contributed by atoms with Crippen molar-refractivity contribution in [2.45, 2.75) is 0 Å². The SMILES string of the molecule is COc1ccc(/C=C/C#N)cc1C#N. The lowest BCUT2D eigenvalue weighted by atomic mass is 10.1. The average molecular weight is 184 g/mol.